The molecule has 0 aliphatic heterocycles. The van der Waals surface area contributed by atoms with Gasteiger partial charge >= 0.3 is 0 Å². The van der Waals surface area contributed by atoms with Gasteiger partial charge in [0.2, 0.25) is 0 Å². The molecule has 1 aromatic heterocycles. The number of carbonyl (C=O) groups excluding carboxylic acids is 1. The lowest BCUT2D eigenvalue weighted by Crippen LogP contribution is -2.41. The average molecular weight is 378 g/mol. The van der Waals surface area contributed by atoms with Crippen LogP contribution in [0.2, 0.25) is 5.02 Å². The number of hydrogen-bond donors (Lipinski definition) is 2. The molecular weight excluding hydrogens is 354 g/mol. The molecule has 0 radical (unpaired) electrons. The van der Waals surface area contributed by atoms with Crippen LogP contribution in [0.5, 0.6) is 5.75 Å². The number of ether oxygens (including phenoxy) is 1. The number of nitrogens with one attached hydrogen (secondary N) is 1. The molecule has 1 fully saturated rings. The van der Waals surface area contributed by atoms with Gasteiger partial charge < -0.3 is 15.2 Å². The van der Waals surface area contributed by atoms with Gasteiger partial charge in [0.1, 0.15) is 5.75 Å². The fourth-order valence-corrected chi connectivity index (χ4v) is 3.41. The Balaban J connectivity index is 1.74. The molecule has 2 aromatic rings. The monoisotopic (exact) mass is 377 g/mol. The van der Waals surface area contributed by atoms with E-state index >= 15 is 0 Å². The molecular formula is C19H24ClN3O3. The third-order valence-corrected chi connectivity index (χ3v) is 4.94. The van der Waals surface area contributed by atoms with Crippen LogP contribution in [0.4, 0.5) is 0 Å². The van der Waals surface area contributed by atoms with Crippen molar-refractivity contribution in [2.24, 2.45) is 13.0 Å². The van der Waals surface area contributed by atoms with Crippen LogP contribution in [0.25, 0.3) is 0 Å². The largest absolute Gasteiger partial charge is 0.492 e. The summed E-state index contributed by atoms with van der Waals surface area (Å²) in [6, 6.07) is 4.87. The minimum atomic E-state index is -0.291. The molecule has 1 aromatic carbocycles. The maximum absolute atomic E-state index is 12.7. The van der Waals surface area contributed by atoms with E-state index in [0.29, 0.717) is 35.8 Å². The molecule has 0 bridgehead atoms. The Morgan fingerprint density at radius 2 is 2.27 bits per heavy atom. The predicted octanol–water partition coefficient (Wildman–Crippen LogP) is 3.10. The lowest BCUT2D eigenvalue weighted by molar-refractivity contribution is 0.0235. The van der Waals surface area contributed by atoms with Crippen molar-refractivity contribution in [3.63, 3.8) is 0 Å². The van der Waals surface area contributed by atoms with E-state index in [0.717, 1.165) is 12.0 Å². The van der Waals surface area contributed by atoms with Gasteiger partial charge in [-0.3, -0.25) is 9.48 Å². The van der Waals surface area contributed by atoms with Gasteiger partial charge in [0.25, 0.3) is 5.91 Å². The van der Waals surface area contributed by atoms with E-state index in [-0.39, 0.29) is 24.0 Å². The summed E-state index contributed by atoms with van der Waals surface area (Å²) >= 11 is 6.23. The lowest BCUT2D eigenvalue weighted by Gasteiger charge is -2.37. The molecule has 0 spiro atoms. The Bertz CT molecular complexity index is 771. The number of aryl methyl sites for hydroxylation is 1. The van der Waals surface area contributed by atoms with Crippen LogP contribution in [-0.2, 0) is 7.05 Å². The number of aliphatic hydroxyl groups is 1. The third kappa shape index (κ3) is 4.19. The highest BCUT2D eigenvalue weighted by Crippen LogP contribution is 2.38. The van der Waals surface area contributed by atoms with E-state index in [4.69, 9.17) is 16.3 Å². The summed E-state index contributed by atoms with van der Waals surface area (Å²) in [6.45, 7) is 2.60. The van der Waals surface area contributed by atoms with Crippen molar-refractivity contribution in [3.05, 3.63) is 46.7 Å². The number of nitrogens with zero attached hydrogens (tertiary/aromatic N) is 2. The summed E-state index contributed by atoms with van der Waals surface area (Å²) in [6.07, 6.45) is 5.59. The summed E-state index contributed by atoms with van der Waals surface area (Å²) in [5, 5.41) is 17.3. The highest BCUT2D eigenvalue weighted by Gasteiger charge is 2.36. The summed E-state index contributed by atoms with van der Waals surface area (Å²) in [5.41, 5.74) is 1.42. The summed E-state index contributed by atoms with van der Waals surface area (Å²) in [7, 11) is 1.84. The number of carbonyl (C=O) groups is 1. The molecule has 140 valence electrons. The molecule has 2 N–H and O–H groups in total. The average Bonchev–Trinajstić information content (AvgIpc) is 3.02. The maximum atomic E-state index is 12.7. The molecule has 1 atom stereocenters. The molecule has 7 heteroatoms. The molecule has 26 heavy (non-hydrogen) atoms. The van der Waals surface area contributed by atoms with Crippen molar-refractivity contribution in [3.8, 4) is 5.75 Å². The number of amides is 1. The van der Waals surface area contributed by atoms with Crippen molar-refractivity contribution in [1.82, 2.24) is 15.1 Å². The smallest absolute Gasteiger partial charge is 0.251 e. The number of hydrogen-bond acceptors (Lipinski definition) is 4. The van der Waals surface area contributed by atoms with E-state index in [1.165, 1.54) is 0 Å². The second kappa shape index (κ2) is 8.10. The second-order valence-electron chi connectivity index (χ2n) is 6.78. The molecule has 0 saturated heterocycles. The van der Waals surface area contributed by atoms with Gasteiger partial charge in [-0.05, 0) is 43.4 Å². The number of halogens is 1. The Hall–Kier alpha value is -2.05. The SMILES string of the molecule is CCCOc1ccc(C(=O)N[C@H](c2cnn(C)c2)C2CC(O)C2)cc1Cl. The van der Waals surface area contributed by atoms with Crippen LogP contribution in [0, 0.1) is 5.92 Å². The zero-order chi connectivity index (χ0) is 18.7. The van der Waals surface area contributed by atoms with Gasteiger partial charge in [-0.1, -0.05) is 18.5 Å². The third-order valence-electron chi connectivity index (χ3n) is 4.65. The van der Waals surface area contributed by atoms with Crippen molar-refractivity contribution in [2.75, 3.05) is 6.61 Å². The van der Waals surface area contributed by atoms with Crippen LogP contribution in [0.3, 0.4) is 0 Å². The second-order valence-corrected chi connectivity index (χ2v) is 7.18. The summed E-state index contributed by atoms with van der Waals surface area (Å²) in [5.74, 6) is 0.570. The normalized spacial score (nSPS) is 20.3. The van der Waals surface area contributed by atoms with Crippen LogP contribution < -0.4 is 10.1 Å². The van der Waals surface area contributed by atoms with Gasteiger partial charge in [0.15, 0.2) is 0 Å². The summed E-state index contributed by atoms with van der Waals surface area (Å²) in [4.78, 5) is 12.7. The first-order valence-corrected chi connectivity index (χ1v) is 9.25. The number of rotatable bonds is 7. The Kier molecular flexibility index (Phi) is 5.84. The number of benzene rings is 1. The molecule has 6 nitrogen and oxygen atoms in total. The van der Waals surface area contributed by atoms with Gasteiger partial charge in [-0.2, -0.15) is 5.10 Å². The molecule has 1 amide bonds. The number of aromatic nitrogens is 2. The topological polar surface area (TPSA) is 76.4 Å². The van der Waals surface area contributed by atoms with Crippen LogP contribution in [0.15, 0.2) is 30.6 Å². The fourth-order valence-electron chi connectivity index (χ4n) is 3.17. The molecule has 3 rings (SSSR count). The van der Waals surface area contributed by atoms with Gasteiger partial charge in [-0.25, -0.2) is 0 Å². The Morgan fingerprint density at radius 3 is 2.85 bits per heavy atom. The van der Waals surface area contributed by atoms with Crippen molar-refractivity contribution >= 4 is 17.5 Å². The minimum Gasteiger partial charge on any atom is -0.492 e. The van der Waals surface area contributed by atoms with Gasteiger partial charge in [-0.15, -0.1) is 0 Å². The zero-order valence-corrected chi connectivity index (χ0v) is 15.7. The van der Waals surface area contributed by atoms with E-state index in [2.05, 4.69) is 10.4 Å². The Morgan fingerprint density at radius 1 is 1.50 bits per heavy atom. The van der Waals surface area contributed by atoms with Crippen LogP contribution >= 0.6 is 11.6 Å². The minimum absolute atomic E-state index is 0.186. The van der Waals surface area contributed by atoms with Crippen molar-refractivity contribution < 1.29 is 14.6 Å². The molecule has 1 aliphatic carbocycles. The molecule has 1 heterocycles. The van der Waals surface area contributed by atoms with Gasteiger partial charge in [0, 0.05) is 24.4 Å². The first kappa shape index (κ1) is 18.7. The van der Waals surface area contributed by atoms with Crippen molar-refractivity contribution in [1.29, 1.82) is 0 Å². The first-order valence-electron chi connectivity index (χ1n) is 8.87. The number of aliphatic hydroxyl groups excluding tert-OH is 1. The highest BCUT2D eigenvalue weighted by molar-refractivity contribution is 6.32. The highest BCUT2D eigenvalue weighted by atomic mass is 35.5. The van der Waals surface area contributed by atoms with Crippen molar-refractivity contribution in [2.45, 2.75) is 38.3 Å². The zero-order valence-electron chi connectivity index (χ0n) is 15.0. The molecule has 0 unspecified atom stereocenters. The summed E-state index contributed by atoms with van der Waals surface area (Å²) < 4.78 is 7.26. The first-order chi connectivity index (χ1) is 12.5. The fraction of sp³-hybridized carbons (Fsp3) is 0.474. The van der Waals surface area contributed by atoms with Crippen LogP contribution in [-0.4, -0.2) is 33.5 Å². The standard InChI is InChI=1S/C19H24ClN3O3/c1-3-6-26-17-5-4-12(9-16(17)20)19(25)22-18(13-7-15(24)8-13)14-10-21-23(2)11-14/h4-5,9-11,13,15,18,24H,3,6-8H2,1-2H3,(H,22,25)/t13?,15?,18-/m0/s1. The Labute approximate surface area is 158 Å². The maximum Gasteiger partial charge on any atom is 0.251 e. The predicted molar refractivity (Wildman–Crippen MR) is 99.4 cm³/mol. The molecule has 1 saturated carbocycles. The van der Waals surface area contributed by atoms with E-state index < -0.39 is 0 Å². The van der Waals surface area contributed by atoms with E-state index in [1.54, 1.807) is 29.1 Å². The van der Waals surface area contributed by atoms with E-state index in [1.807, 2.05) is 20.2 Å². The van der Waals surface area contributed by atoms with Gasteiger partial charge in [0.05, 0.1) is 30.0 Å². The molecule has 1 aliphatic rings. The van der Waals surface area contributed by atoms with E-state index in [9.17, 15) is 9.90 Å². The van der Waals surface area contributed by atoms with Crippen LogP contribution in [0.1, 0.15) is 48.1 Å². The lowest BCUT2D eigenvalue weighted by atomic mass is 9.75. The quantitative estimate of drug-likeness (QED) is 0.777.